The summed E-state index contributed by atoms with van der Waals surface area (Å²) in [4.78, 5) is 29.7. The van der Waals surface area contributed by atoms with Crippen molar-refractivity contribution in [1.29, 1.82) is 0 Å². The van der Waals surface area contributed by atoms with Gasteiger partial charge in [0.2, 0.25) is 0 Å². The monoisotopic (exact) mass is 391 g/mol. The molecule has 0 aliphatic heterocycles. The molecule has 0 unspecified atom stereocenters. The van der Waals surface area contributed by atoms with Gasteiger partial charge in [-0.2, -0.15) is 0 Å². The minimum Gasteiger partial charge on any atom is -0.311 e. The molecule has 0 amide bonds. The van der Waals surface area contributed by atoms with Crippen molar-refractivity contribution < 1.29 is 4.79 Å². The summed E-state index contributed by atoms with van der Waals surface area (Å²) in [7, 11) is 1.80. The molecule has 0 spiro atoms. The molecular weight excluding hydrogens is 374 g/mol. The molecular formula is C17H17N3O2S3. The summed E-state index contributed by atoms with van der Waals surface area (Å²) in [5, 5.41) is 0.545. The van der Waals surface area contributed by atoms with Crippen molar-refractivity contribution in [2.45, 2.75) is 25.5 Å². The van der Waals surface area contributed by atoms with Crippen molar-refractivity contribution in [2.75, 3.05) is 5.75 Å². The molecule has 0 N–H and O–H groups in total. The van der Waals surface area contributed by atoms with E-state index in [-0.39, 0.29) is 17.1 Å². The van der Waals surface area contributed by atoms with Crippen LogP contribution in [0.15, 0.2) is 34.2 Å². The SMILES string of the molecule is CCn1c(SCC(=O)c2ccc(C)cc2)nc2c(sc(=S)n2C)c1=O. The quantitative estimate of drug-likeness (QED) is 0.286. The molecule has 130 valence electrons. The fourth-order valence-electron chi connectivity index (χ4n) is 2.41. The van der Waals surface area contributed by atoms with Crippen LogP contribution in [0.5, 0.6) is 0 Å². The first-order valence-corrected chi connectivity index (χ1v) is 9.96. The van der Waals surface area contributed by atoms with Gasteiger partial charge in [0.25, 0.3) is 5.56 Å². The zero-order valence-electron chi connectivity index (χ0n) is 14.1. The molecule has 0 radical (unpaired) electrons. The number of fused-ring (bicyclic) bond motifs is 1. The van der Waals surface area contributed by atoms with Gasteiger partial charge < -0.3 is 4.57 Å². The maximum absolute atomic E-state index is 12.7. The molecule has 0 aliphatic carbocycles. The summed E-state index contributed by atoms with van der Waals surface area (Å²) in [6.07, 6.45) is 0. The number of hydrogen-bond acceptors (Lipinski definition) is 6. The molecule has 0 saturated carbocycles. The highest BCUT2D eigenvalue weighted by atomic mass is 32.2. The Morgan fingerprint density at radius 1 is 1.32 bits per heavy atom. The Kier molecular flexibility index (Phi) is 5.21. The van der Waals surface area contributed by atoms with Crippen LogP contribution in [-0.2, 0) is 13.6 Å². The average Bonchev–Trinajstić information content (AvgIpc) is 2.89. The molecule has 0 bridgehead atoms. The van der Waals surface area contributed by atoms with Gasteiger partial charge >= 0.3 is 0 Å². The highest BCUT2D eigenvalue weighted by Gasteiger charge is 2.16. The van der Waals surface area contributed by atoms with Crippen molar-refractivity contribution in [3.8, 4) is 0 Å². The number of hydrogen-bond donors (Lipinski definition) is 0. The number of carbonyl (C=O) groups excluding carboxylic acids is 1. The van der Waals surface area contributed by atoms with E-state index in [4.69, 9.17) is 12.2 Å². The van der Waals surface area contributed by atoms with Gasteiger partial charge in [0.1, 0.15) is 4.70 Å². The Bertz CT molecular complexity index is 1060. The number of ketones is 1. The fourth-order valence-corrected chi connectivity index (χ4v) is 4.56. The zero-order valence-corrected chi connectivity index (χ0v) is 16.6. The highest BCUT2D eigenvalue weighted by Crippen LogP contribution is 2.22. The van der Waals surface area contributed by atoms with E-state index in [9.17, 15) is 9.59 Å². The highest BCUT2D eigenvalue weighted by molar-refractivity contribution is 7.99. The number of nitrogens with zero attached hydrogens (tertiary/aromatic N) is 3. The molecule has 0 saturated heterocycles. The number of carbonyl (C=O) groups is 1. The fraction of sp³-hybridized carbons (Fsp3) is 0.294. The molecule has 5 nitrogen and oxygen atoms in total. The largest absolute Gasteiger partial charge is 0.311 e. The summed E-state index contributed by atoms with van der Waals surface area (Å²) in [5.74, 6) is 0.246. The second-order valence-electron chi connectivity index (χ2n) is 5.60. The third-order valence-electron chi connectivity index (χ3n) is 3.88. The van der Waals surface area contributed by atoms with Crippen molar-refractivity contribution in [3.63, 3.8) is 0 Å². The van der Waals surface area contributed by atoms with Crippen LogP contribution in [0.1, 0.15) is 22.8 Å². The van der Waals surface area contributed by atoms with Crippen molar-refractivity contribution in [1.82, 2.24) is 14.1 Å². The lowest BCUT2D eigenvalue weighted by Crippen LogP contribution is -2.22. The molecule has 2 heterocycles. The van der Waals surface area contributed by atoms with Crippen LogP contribution in [0.2, 0.25) is 0 Å². The normalized spacial score (nSPS) is 11.2. The molecule has 0 atom stereocenters. The molecule has 3 rings (SSSR count). The van der Waals surface area contributed by atoms with Gasteiger partial charge in [0.05, 0.1) is 5.75 Å². The maximum atomic E-state index is 12.7. The van der Waals surface area contributed by atoms with E-state index in [1.807, 2.05) is 38.1 Å². The predicted octanol–water partition coefficient (Wildman–Crippen LogP) is 3.83. The van der Waals surface area contributed by atoms with E-state index in [2.05, 4.69) is 4.98 Å². The van der Waals surface area contributed by atoms with Crippen LogP contribution in [-0.4, -0.2) is 25.7 Å². The second kappa shape index (κ2) is 7.23. The van der Waals surface area contributed by atoms with Crippen LogP contribution in [0.25, 0.3) is 10.3 Å². The number of thiazole rings is 1. The Morgan fingerprint density at radius 2 is 2.00 bits per heavy atom. The van der Waals surface area contributed by atoms with Crippen LogP contribution < -0.4 is 5.56 Å². The summed E-state index contributed by atoms with van der Waals surface area (Å²) < 4.78 is 4.51. The van der Waals surface area contributed by atoms with E-state index in [0.29, 0.717) is 31.6 Å². The molecule has 0 fully saturated rings. The number of aryl methyl sites for hydroxylation is 2. The van der Waals surface area contributed by atoms with Crippen LogP contribution in [0.3, 0.4) is 0 Å². The lowest BCUT2D eigenvalue weighted by atomic mass is 10.1. The van der Waals surface area contributed by atoms with Crippen LogP contribution in [0, 0.1) is 10.9 Å². The molecule has 0 aliphatic rings. The standard InChI is InChI=1S/C17H17N3O2S3/c1-4-20-15(22)13-14(19(3)17(23)25-13)18-16(20)24-9-12(21)11-7-5-10(2)6-8-11/h5-8H,4,9H2,1-3H3. The lowest BCUT2D eigenvalue weighted by molar-refractivity contribution is 0.102. The Balaban J connectivity index is 1.94. The summed E-state index contributed by atoms with van der Waals surface area (Å²) in [5.41, 5.74) is 2.25. The third kappa shape index (κ3) is 3.47. The van der Waals surface area contributed by atoms with E-state index in [1.54, 1.807) is 16.2 Å². The lowest BCUT2D eigenvalue weighted by Gasteiger charge is -2.09. The van der Waals surface area contributed by atoms with Gasteiger partial charge in [-0.3, -0.25) is 14.2 Å². The van der Waals surface area contributed by atoms with Gasteiger partial charge in [-0.15, -0.1) is 0 Å². The molecule has 1 aromatic carbocycles. The van der Waals surface area contributed by atoms with Crippen LogP contribution in [0.4, 0.5) is 0 Å². The summed E-state index contributed by atoms with van der Waals surface area (Å²) in [6, 6.07) is 7.48. The average molecular weight is 392 g/mol. The molecule has 8 heteroatoms. The zero-order chi connectivity index (χ0) is 18.1. The van der Waals surface area contributed by atoms with E-state index >= 15 is 0 Å². The smallest absolute Gasteiger partial charge is 0.273 e. The topological polar surface area (TPSA) is 56.9 Å². The summed E-state index contributed by atoms with van der Waals surface area (Å²) in [6.45, 7) is 4.37. The van der Waals surface area contributed by atoms with Gasteiger partial charge in [-0.1, -0.05) is 52.9 Å². The Labute approximate surface area is 158 Å². The van der Waals surface area contributed by atoms with Crippen molar-refractivity contribution >= 4 is 51.4 Å². The Morgan fingerprint density at radius 3 is 2.64 bits per heavy atom. The minimum atomic E-state index is -0.102. The third-order valence-corrected chi connectivity index (χ3v) is 6.39. The first kappa shape index (κ1) is 18.0. The number of rotatable bonds is 5. The van der Waals surface area contributed by atoms with E-state index in [1.165, 1.54) is 23.1 Å². The second-order valence-corrected chi connectivity index (χ2v) is 8.19. The number of Topliss-reactive ketones (excluding diaryl/α,β-unsaturated/α-hetero) is 1. The molecule has 25 heavy (non-hydrogen) atoms. The first-order chi connectivity index (χ1) is 11.9. The number of aromatic nitrogens is 3. The van der Waals surface area contributed by atoms with E-state index < -0.39 is 0 Å². The van der Waals surface area contributed by atoms with Crippen molar-refractivity contribution in [2.24, 2.45) is 7.05 Å². The first-order valence-electron chi connectivity index (χ1n) is 7.75. The van der Waals surface area contributed by atoms with Gasteiger partial charge in [0, 0.05) is 19.2 Å². The Hall–Kier alpha value is -1.77. The van der Waals surface area contributed by atoms with Gasteiger partial charge in [-0.05, 0) is 26.1 Å². The molecule has 2 aromatic heterocycles. The molecule has 3 aromatic rings. The predicted molar refractivity (Wildman–Crippen MR) is 106 cm³/mol. The minimum absolute atomic E-state index is 0.0145. The summed E-state index contributed by atoms with van der Waals surface area (Å²) >= 11 is 7.81. The van der Waals surface area contributed by atoms with Gasteiger partial charge in [0.15, 0.2) is 20.5 Å². The van der Waals surface area contributed by atoms with Gasteiger partial charge in [-0.25, -0.2) is 4.98 Å². The number of benzene rings is 1. The van der Waals surface area contributed by atoms with Crippen LogP contribution >= 0.6 is 35.3 Å². The number of thioether (sulfide) groups is 1. The maximum Gasteiger partial charge on any atom is 0.273 e. The van der Waals surface area contributed by atoms with Crippen molar-refractivity contribution in [3.05, 3.63) is 49.7 Å². The van der Waals surface area contributed by atoms with E-state index in [0.717, 1.165) is 5.56 Å².